The molecule has 0 saturated carbocycles. The average Bonchev–Trinajstić information content (AvgIpc) is 2.44. The van der Waals surface area contributed by atoms with Gasteiger partial charge in [0.05, 0.1) is 6.20 Å². The number of nitrogens with two attached hydrogens (primary N) is 1. The fourth-order valence-electron chi connectivity index (χ4n) is 1.23. The van der Waals surface area contributed by atoms with Crippen molar-refractivity contribution in [2.75, 3.05) is 5.73 Å². The average molecular weight is 203 g/mol. The Hall–Kier alpha value is -1.13. The van der Waals surface area contributed by atoms with Crippen LogP contribution in [0.15, 0.2) is 12.3 Å². The number of anilines is 1. The lowest BCUT2D eigenvalue weighted by atomic mass is 10.1. The lowest BCUT2D eigenvalue weighted by Crippen LogP contribution is -2.10. The summed E-state index contributed by atoms with van der Waals surface area (Å²) in [6.07, 6.45) is 2.69. The summed E-state index contributed by atoms with van der Waals surface area (Å²) in [5, 5.41) is 3.95. The predicted octanol–water partition coefficient (Wildman–Crippen LogP) is 2.29. The SMILES string of the molecule is CC(F)(F)CCCCn1nccc1N. The van der Waals surface area contributed by atoms with E-state index in [1.807, 2.05) is 0 Å². The van der Waals surface area contributed by atoms with E-state index in [1.165, 1.54) is 0 Å². The van der Waals surface area contributed by atoms with Gasteiger partial charge in [-0.2, -0.15) is 5.10 Å². The number of aryl methyl sites for hydroxylation is 1. The first-order chi connectivity index (χ1) is 6.49. The largest absolute Gasteiger partial charge is 0.384 e. The number of halogens is 2. The van der Waals surface area contributed by atoms with Crippen LogP contribution < -0.4 is 5.73 Å². The molecule has 3 nitrogen and oxygen atoms in total. The van der Waals surface area contributed by atoms with E-state index < -0.39 is 5.92 Å². The van der Waals surface area contributed by atoms with Gasteiger partial charge in [0.2, 0.25) is 5.92 Å². The van der Waals surface area contributed by atoms with E-state index in [2.05, 4.69) is 5.10 Å². The molecule has 1 aromatic rings. The molecule has 0 aliphatic carbocycles. The topological polar surface area (TPSA) is 43.8 Å². The summed E-state index contributed by atoms with van der Waals surface area (Å²) in [5.41, 5.74) is 5.56. The van der Waals surface area contributed by atoms with Gasteiger partial charge in [-0.05, 0) is 25.8 Å². The number of nitrogens with zero attached hydrogens (tertiary/aromatic N) is 2. The van der Waals surface area contributed by atoms with Gasteiger partial charge in [-0.1, -0.05) is 0 Å². The highest BCUT2D eigenvalue weighted by Crippen LogP contribution is 2.19. The highest BCUT2D eigenvalue weighted by Gasteiger charge is 2.19. The van der Waals surface area contributed by atoms with Crippen LogP contribution in [0.5, 0.6) is 0 Å². The number of nitrogen functional groups attached to an aromatic ring is 1. The molecule has 0 aliphatic rings. The molecular formula is C9H15F2N3. The van der Waals surface area contributed by atoms with Crippen molar-refractivity contribution in [3.05, 3.63) is 12.3 Å². The molecule has 0 aliphatic heterocycles. The summed E-state index contributed by atoms with van der Waals surface area (Å²) in [5.74, 6) is -1.98. The standard InChI is InChI=1S/C9H15F2N3/c1-9(10,11)5-2-3-7-14-8(12)4-6-13-14/h4,6H,2-3,5,7,12H2,1H3. The van der Waals surface area contributed by atoms with Crippen LogP contribution in [0, 0.1) is 0 Å². The minimum atomic E-state index is -2.56. The van der Waals surface area contributed by atoms with Crippen molar-refractivity contribution in [1.82, 2.24) is 9.78 Å². The van der Waals surface area contributed by atoms with Crippen LogP contribution in [0.1, 0.15) is 26.2 Å². The van der Waals surface area contributed by atoms with Gasteiger partial charge in [-0.3, -0.25) is 4.68 Å². The van der Waals surface area contributed by atoms with Crippen LogP contribution >= 0.6 is 0 Å². The van der Waals surface area contributed by atoms with Crippen LogP contribution in [-0.2, 0) is 6.54 Å². The molecule has 1 heterocycles. The highest BCUT2D eigenvalue weighted by atomic mass is 19.3. The normalized spacial score (nSPS) is 11.9. The first-order valence-electron chi connectivity index (χ1n) is 4.64. The molecule has 0 aromatic carbocycles. The molecule has 80 valence electrons. The molecule has 14 heavy (non-hydrogen) atoms. The van der Waals surface area contributed by atoms with Crippen LogP contribution in [0.3, 0.4) is 0 Å². The Balaban J connectivity index is 2.20. The third-order valence-electron chi connectivity index (χ3n) is 1.99. The molecule has 0 fully saturated rings. The zero-order valence-electron chi connectivity index (χ0n) is 8.21. The van der Waals surface area contributed by atoms with E-state index >= 15 is 0 Å². The number of rotatable bonds is 5. The van der Waals surface area contributed by atoms with E-state index in [-0.39, 0.29) is 6.42 Å². The summed E-state index contributed by atoms with van der Waals surface area (Å²) in [6.45, 7) is 1.55. The second kappa shape index (κ2) is 4.39. The van der Waals surface area contributed by atoms with E-state index in [1.54, 1.807) is 16.9 Å². The quantitative estimate of drug-likeness (QED) is 0.746. The monoisotopic (exact) mass is 203 g/mol. The fourth-order valence-corrected chi connectivity index (χ4v) is 1.23. The van der Waals surface area contributed by atoms with Crippen molar-refractivity contribution in [3.63, 3.8) is 0 Å². The van der Waals surface area contributed by atoms with Crippen molar-refractivity contribution in [3.8, 4) is 0 Å². The Kier molecular flexibility index (Phi) is 3.43. The van der Waals surface area contributed by atoms with Gasteiger partial charge in [0.1, 0.15) is 5.82 Å². The first kappa shape index (κ1) is 10.9. The molecule has 1 rings (SSSR count). The summed E-state index contributed by atoms with van der Waals surface area (Å²) in [4.78, 5) is 0. The molecule has 1 aromatic heterocycles. The first-order valence-corrected chi connectivity index (χ1v) is 4.64. The summed E-state index contributed by atoms with van der Waals surface area (Å²) >= 11 is 0. The molecular weight excluding hydrogens is 188 g/mol. The van der Waals surface area contributed by atoms with Crippen molar-refractivity contribution in [1.29, 1.82) is 0 Å². The Labute approximate surface area is 81.9 Å². The van der Waals surface area contributed by atoms with Crippen molar-refractivity contribution in [2.45, 2.75) is 38.7 Å². The lowest BCUT2D eigenvalue weighted by molar-refractivity contribution is 0.0102. The van der Waals surface area contributed by atoms with Gasteiger partial charge in [0.15, 0.2) is 0 Å². The van der Waals surface area contributed by atoms with Crippen LogP contribution in [0.4, 0.5) is 14.6 Å². The van der Waals surface area contributed by atoms with Gasteiger partial charge in [-0.15, -0.1) is 0 Å². The van der Waals surface area contributed by atoms with Gasteiger partial charge in [-0.25, -0.2) is 8.78 Å². The van der Waals surface area contributed by atoms with Gasteiger partial charge in [0, 0.05) is 13.0 Å². The smallest absolute Gasteiger partial charge is 0.245 e. The summed E-state index contributed by atoms with van der Waals surface area (Å²) in [6, 6.07) is 1.69. The molecule has 0 radical (unpaired) electrons. The third kappa shape index (κ3) is 3.72. The molecule has 0 spiro atoms. The molecule has 0 unspecified atom stereocenters. The van der Waals surface area contributed by atoms with Crippen LogP contribution in [-0.4, -0.2) is 15.7 Å². The molecule has 5 heteroatoms. The zero-order chi connectivity index (χ0) is 10.6. The van der Waals surface area contributed by atoms with Gasteiger partial charge >= 0.3 is 0 Å². The van der Waals surface area contributed by atoms with Crippen LogP contribution in [0.25, 0.3) is 0 Å². The predicted molar refractivity (Wildman–Crippen MR) is 51.1 cm³/mol. The number of aromatic nitrogens is 2. The Morgan fingerprint density at radius 1 is 1.50 bits per heavy atom. The number of alkyl halides is 2. The molecule has 0 bridgehead atoms. The number of unbranched alkanes of at least 4 members (excludes halogenated alkanes) is 1. The van der Waals surface area contributed by atoms with Crippen molar-refractivity contribution >= 4 is 5.82 Å². The Bertz CT molecular complexity index is 278. The third-order valence-corrected chi connectivity index (χ3v) is 1.99. The zero-order valence-corrected chi connectivity index (χ0v) is 8.21. The molecule has 0 amide bonds. The molecule has 0 saturated heterocycles. The highest BCUT2D eigenvalue weighted by molar-refractivity contribution is 5.25. The fraction of sp³-hybridized carbons (Fsp3) is 0.667. The summed E-state index contributed by atoms with van der Waals surface area (Å²) < 4.78 is 26.5. The number of hydrogen-bond acceptors (Lipinski definition) is 2. The van der Waals surface area contributed by atoms with Gasteiger partial charge < -0.3 is 5.73 Å². The molecule has 0 atom stereocenters. The van der Waals surface area contributed by atoms with Gasteiger partial charge in [0.25, 0.3) is 0 Å². The summed E-state index contributed by atoms with van der Waals surface area (Å²) in [7, 11) is 0. The second-order valence-corrected chi connectivity index (χ2v) is 3.51. The second-order valence-electron chi connectivity index (χ2n) is 3.51. The van der Waals surface area contributed by atoms with E-state index in [0.29, 0.717) is 25.2 Å². The minimum Gasteiger partial charge on any atom is -0.384 e. The maximum atomic E-state index is 12.4. The Morgan fingerprint density at radius 3 is 2.71 bits per heavy atom. The van der Waals surface area contributed by atoms with Crippen molar-refractivity contribution < 1.29 is 8.78 Å². The number of hydrogen-bond donors (Lipinski definition) is 1. The lowest BCUT2D eigenvalue weighted by Gasteiger charge is -2.09. The van der Waals surface area contributed by atoms with E-state index in [9.17, 15) is 8.78 Å². The maximum Gasteiger partial charge on any atom is 0.245 e. The van der Waals surface area contributed by atoms with E-state index in [4.69, 9.17) is 5.73 Å². The molecule has 2 N–H and O–H groups in total. The minimum absolute atomic E-state index is 0.0752. The maximum absolute atomic E-state index is 12.4. The van der Waals surface area contributed by atoms with Crippen LogP contribution in [0.2, 0.25) is 0 Å². The van der Waals surface area contributed by atoms with Crippen molar-refractivity contribution in [2.24, 2.45) is 0 Å². The van der Waals surface area contributed by atoms with E-state index in [0.717, 1.165) is 6.92 Å². The Morgan fingerprint density at radius 2 is 2.21 bits per heavy atom.